The van der Waals surface area contributed by atoms with Crippen LogP contribution in [0.5, 0.6) is 0 Å². The Balaban J connectivity index is 2.20. The molecule has 3 aliphatic heterocycles. The number of nitrogens with zero attached hydrogens (tertiary/aromatic N) is 2. The summed E-state index contributed by atoms with van der Waals surface area (Å²) in [6.07, 6.45) is 3.70. The van der Waals surface area contributed by atoms with Crippen molar-refractivity contribution >= 4 is 17.5 Å². The molecular formula is C23H29N3O4. The fourth-order valence-electron chi connectivity index (χ4n) is 5.52. The fraction of sp³-hybridized carbons (Fsp3) is 0.478. The van der Waals surface area contributed by atoms with E-state index in [2.05, 4.69) is 11.9 Å². The number of anilines is 1. The van der Waals surface area contributed by atoms with Gasteiger partial charge in [-0.2, -0.15) is 0 Å². The van der Waals surface area contributed by atoms with Crippen molar-refractivity contribution in [2.75, 3.05) is 19.3 Å². The van der Waals surface area contributed by atoms with E-state index in [0.717, 1.165) is 11.3 Å². The van der Waals surface area contributed by atoms with Gasteiger partial charge in [-0.3, -0.25) is 19.3 Å². The summed E-state index contributed by atoms with van der Waals surface area (Å²) in [4.78, 5) is 34.5. The molecule has 4 rings (SSSR count). The molecule has 7 heteroatoms. The Morgan fingerprint density at radius 1 is 1.23 bits per heavy atom. The Labute approximate surface area is 177 Å². The molecule has 7 nitrogen and oxygen atoms in total. The number of hydroxylamine groups is 1. The summed E-state index contributed by atoms with van der Waals surface area (Å²) in [6.45, 7) is 12.0. The first kappa shape index (κ1) is 20.5. The summed E-state index contributed by atoms with van der Waals surface area (Å²) in [7, 11) is 3.03. The quantitative estimate of drug-likeness (QED) is 0.755. The van der Waals surface area contributed by atoms with Crippen molar-refractivity contribution in [3.8, 4) is 0 Å². The van der Waals surface area contributed by atoms with Crippen LogP contribution in [-0.2, 0) is 24.6 Å². The van der Waals surface area contributed by atoms with Gasteiger partial charge < -0.3 is 10.1 Å². The molecule has 160 valence electrons. The molecule has 3 heterocycles. The number of nitrogens with one attached hydrogen (secondary N) is 1. The number of fused-ring (bicyclic) bond motifs is 2. The molecule has 1 aromatic carbocycles. The highest BCUT2D eigenvalue weighted by Crippen LogP contribution is 2.64. The Morgan fingerprint density at radius 3 is 2.47 bits per heavy atom. The topological polar surface area (TPSA) is 71.1 Å². The molecule has 0 radical (unpaired) electrons. The predicted octanol–water partition coefficient (Wildman–Crippen LogP) is 2.70. The van der Waals surface area contributed by atoms with Crippen LogP contribution >= 0.6 is 0 Å². The maximum atomic E-state index is 13.6. The van der Waals surface area contributed by atoms with Crippen LogP contribution in [0.4, 0.5) is 5.69 Å². The third-order valence-corrected chi connectivity index (χ3v) is 6.92. The van der Waals surface area contributed by atoms with E-state index < -0.39 is 22.7 Å². The first-order valence-electron chi connectivity index (χ1n) is 10.1. The summed E-state index contributed by atoms with van der Waals surface area (Å²) >= 11 is 0. The highest BCUT2D eigenvalue weighted by molar-refractivity contribution is 6.02. The normalized spacial score (nSPS) is 30.0. The molecule has 0 aliphatic carbocycles. The van der Waals surface area contributed by atoms with Crippen LogP contribution in [0.25, 0.3) is 0 Å². The van der Waals surface area contributed by atoms with E-state index in [1.165, 1.54) is 7.11 Å². The first-order valence-corrected chi connectivity index (χ1v) is 10.1. The van der Waals surface area contributed by atoms with Gasteiger partial charge in [0.2, 0.25) is 11.7 Å². The van der Waals surface area contributed by atoms with Gasteiger partial charge >= 0.3 is 0 Å². The zero-order valence-corrected chi connectivity index (χ0v) is 18.4. The molecule has 1 aromatic rings. The van der Waals surface area contributed by atoms with Crippen molar-refractivity contribution in [3.05, 3.63) is 54.3 Å². The lowest BCUT2D eigenvalue weighted by atomic mass is 9.57. The number of amides is 2. The van der Waals surface area contributed by atoms with Gasteiger partial charge in [0.1, 0.15) is 6.04 Å². The van der Waals surface area contributed by atoms with Gasteiger partial charge in [-0.15, -0.1) is 6.58 Å². The number of carbonyl (C=O) groups excluding carboxylic acids is 2. The van der Waals surface area contributed by atoms with Crippen LogP contribution in [0.15, 0.2) is 48.8 Å². The second-order valence-corrected chi connectivity index (χ2v) is 8.97. The number of ether oxygens (including phenoxy) is 1. The van der Waals surface area contributed by atoms with E-state index in [0.29, 0.717) is 0 Å². The van der Waals surface area contributed by atoms with Crippen molar-refractivity contribution in [1.82, 2.24) is 10.2 Å². The number of methoxy groups -OCH3 is 1. The zero-order chi connectivity index (χ0) is 22.1. The van der Waals surface area contributed by atoms with Crippen LogP contribution in [0.3, 0.4) is 0 Å². The lowest BCUT2D eigenvalue weighted by molar-refractivity contribution is -0.153. The lowest BCUT2D eigenvalue weighted by Crippen LogP contribution is -2.77. The molecule has 1 spiro atoms. The van der Waals surface area contributed by atoms with Crippen LogP contribution in [0.1, 0.15) is 33.3 Å². The Hall–Kier alpha value is -2.80. The lowest BCUT2D eigenvalue weighted by Gasteiger charge is -2.57. The molecule has 3 atom stereocenters. The monoisotopic (exact) mass is 411 g/mol. The smallest absolute Gasteiger partial charge is 0.292 e. The predicted molar refractivity (Wildman–Crippen MR) is 113 cm³/mol. The van der Waals surface area contributed by atoms with E-state index in [9.17, 15) is 9.59 Å². The van der Waals surface area contributed by atoms with Crippen LogP contribution in [0, 0.1) is 11.3 Å². The van der Waals surface area contributed by atoms with E-state index in [4.69, 9.17) is 9.57 Å². The van der Waals surface area contributed by atoms with Crippen molar-refractivity contribution in [1.29, 1.82) is 0 Å². The second-order valence-electron chi connectivity index (χ2n) is 8.97. The van der Waals surface area contributed by atoms with Gasteiger partial charge in [-0.25, -0.2) is 5.06 Å². The molecule has 1 fully saturated rings. The Bertz CT molecular complexity index is 969. The largest absolute Gasteiger partial charge is 0.491 e. The number of hydrogen-bond donors (Lipinski definition) is 1. The number of para-hydroxylation sites is 1. The minimum absolute atomic E-state index is 0.114. The van der Waals surface area contributed by atoms with Crippen molar-refractivity contribution < 1.29 is 19.2 Å². The SMILES string of the molecule is C=CC(C)(C)[C@]12C=C(OC)C(=O)N3[C@@H](C(C)C)C(=O)N[C@]31N(OC)c1ccccc12. The van der Waals surface area contributed by atoms with Gasteiger partial charge in [0.15, 0.2) is 5.76 Å². The van der Waals surface area contributed by atoms with Crippen LogP contribution in [0.2, 0.25) is 0 Å². The summed E-state index contributed by atoms with van der Waals surface area (Å²) in [5.74, 6) is -1.77. The van der Waals surface area contributed by atoms with E-state index in [1.54, 1.807) is 17.1 Å². The average molecular weight is 412 g/mol. The highest BCUT2D eigenvalue weighted by atomic mass is 16.7. The molecule has 3 aliphatic rings. The highest BCUT2D eigenvalue weighted by Gasteiger charge is 2.77. The molecule has 1 N–H and O–H groups in total. The Kier molecular flexibility index (Phi) is 4.33. The molecule has 0 unspecified atom stereocenters. The fourth-order valence-corrected chi connectivity index (χ4v) is 5.52. The number of allylic oxidation sites excluding steroid dienone is 1. The van der Waals surface area contributed by atoms with Crippen molar-refractivity contribution in [2.45, 2.75) is 44.9 Å². The summed E-state index contributed by atoms with van der Waals surface area (Å²) in [5.41, 5.74) is 0.199. The summed E-state index contributed by atoms with van der Waals surface area (Å²) in [5, 5.41) is 4.85. The zero-order valence-electron chi connectivity index (χ0n) is 18.4. The molecular weight excluding hydrogens is 382 g/mol. The molecule has 1 saturated heterocycles. The number of rotatable bonds is 5. The van der Waals surface area contributed by atoms with Gasteiger partial charge in [0.05, 0.1) is 25.3 Å². The molecule has 0 aromatic heterocycles. The molecule has 30 heavy (non-hydrogen) atoms. The summed E-state index contributed by atoms with van der Waals surface area (Å²) < 4.78 is 5.57. The molecule has 0 saturated carbocycles. The number of carbonyl (C=O) groups is 2. The van der Waals surface area contributed by atoms with Crippen molar-refractivity contribution in [2.24, 2.45) is 11.3 Å². The maximum absolute atomic E-state index is 13.6. The van der Waals surface area contributed by atoms with Crippen LogP contribution < -0.4 is 10.4 Å². The van der Waals surface area contributed by atoms with E-state index in [1.807, 2.05) is 64.1 Å². The van der Waals surface area contributed by atoms with E-state index in [-0.39, 0.29) is 23.5 Å². The molecule has 2 amide bonds. The number of hydrogen-bond acceptors (Lipinski definition) is 5. The average Bonchev–Trinajstić information content (AvgIpc) is 3.16. The summed E-state index contributed by atoms with van der Waals surface area (Å²) in [6, 6.07) is 7.13. The van der Waals surface area contributed by atoms with Crippen molar-refractivity contribution in [3.63, 3.8) is 0 Å². The Morgan fingerprint density at radius 2 is 1.90 bits per heavy atom. The number of benzene rings is 1. The van der Waals surface area contributed by atoms with Crippen LogP contribution in [-0.4, -0.2) is 42.8 Å². The van der Waals surface area contributed by atoms with Gasteiger partial charge in [-0.1, -0.05) is 52.0 Å². The third-order valence-electron chi connectivity index (χ3n) is 6.92. The third kappa shape index (κ3) is 2.03. The van der Waals surface area contributed by atoms with Gasteiger partial charge in [0.25, 0.3) is 5.91 Å². The molecule has 0 bridgehead atoms. The standard InChI is InChI=1S/C23H29N3O4/c1-8-21(4,5)22-13-17(29-6)20(28)25-18(14(2)3)19(27)24-23(22,25)26(30-7)16-12-10-9-11-15(16)22/h8-14,18H,1H2,2-7H3,(H,24,27)/t18-,22+,23-/m0/s1. The van der Waals surface area contributed by atoms with Gasteiger partial charge in [-0.05, 0) is 23.6 Å². The second kappa shape index (κ2) is 6.35. The minimum atomic E-state index is -1.30. The van der Waals surface area contributed by atoms with E-state index >= 15 is 0 Å². The first-order chi connectivity index (χ1) is 14.1. The maximum Gasteiger partial charge on any atom is 0.292 e. The minimum Gasteiger partial charge on any atom is -0.491 e. The van der Waals surface area contributed by atoms with Gasteiger partial charge in [0, 0.05) is 5.41 Å².